The number of cyclic esters (lactones) is 1. The van der Waals surface area contributed by atoms with Gasteiger partial charge in [-0.2, -0.15) is 0 Å². The number of nitrogens with zero attached hydrogens (tertiary/aromatic N) is 1. The summed E-state index contributed by atoms with van der Waals surface area (Å²) in [7, 11) is 0. The van der Waals surface area contributed by atoms with E-state index < -0.39 is 6.09 Å². The van der Waals surface area contributed by atoms with Crippen molar-refractivity contribution < 1.29 is 14.3 Å². The van der Waals surface area contributed by atoms with E-state index in [1.807, 2.05) is 0 Å². The average molecular weight is 269 g/mol. The Labute approximate surface area is 116 Å². The van der Waals surface area contributed by atoms with Crippen molar-refractivity contribution in [3.63, 3.8) is 0 Å². The van der Waals surface area contributed by atoms with E-state index in [4.69, 9.17) is 4.74 Å². The Hall–Kier alpha value is -1.06. The van der Waals surface area contributed by atoms with Gasteiger partial charge in [-0.15, -0.1) is 0 Å². The molecule has 1 heterocycles. The molecular formula is C15H27NO3. The van der Waals surface area contributed by atoms with Crippen LogP contribution in [0.25, 0.3) is 0 Å². The van der Waals surface area contributed by atoms with Gasteiger partial charge >= 0.3 is 6.09 Å². The fourth-order valence-corrected chi connectivity index (χ4v) is 2.34. The monoisotopic (exact) mass is 269 g/mol. The number of unbranched alkanes of at least 4 members (excludes halogenated alkanes) is 8. The van der Waals surface area contributed by atoms with Crippen molar-refractivity contribution >= 4 is 12.0 Å². The number of ether oxygens (including phenoxy) is 1. The molecule has 0 radical (unpaired) electrons. The van der Waals surface area contributed by atoms with E-state index in [1.165, 1.54) is 49.8 Å². The molecule has 0 unspecified atom stereocenters. The lowest BCUT2D eigenvalue weighted by Crippen LogP contribution is -2.31. The molecule has 1 saturated heterocycles. The van der Waals surface area contributed by atoms with Crippen molar-refractivity contribution in [3.8, 4) is 0 Å². The Morgan fingerprint density at radius 1 is 1.05 bits per heavy atom. The first-order chi connectivity index (χ1) is 9.25. The third-order valence-corrected chi connectivity index (χ3v) is 3.56. The minimum Gasteiger partial charge on any atom is -0.447 e. The average Bonchev–Trinajstić information content (AvgIpc) is 2.83. The maximum Gasteiger partial charge on any atom is 0.416 e. The molecule has 0 aromatic heterocycles. The molecule has 0 aromatic rings. The second-order valence-corrected chi connectivity index (χ2v) is 5.24. The molecule has 0 N–H and O–H groups in total. The van der Waals surface area contributed by atoms with Gasteiger partial charge in [0.15, 0.2) is 0 Å². The van der Waals surface area contributed by atoms with E-state index in [-0.39, 0.29) is 5.91 Å². The highest BCUT2D eigenvalue weighted by atomic mass is 16.6. The Bertz CT molecular complexity index is 279. The van der Waals surface area contributed by atoms with Crippen molar-refractivity contribution in [2.75, 3.05) is 13.2 Å². The van der Waals surface area contributed by atoms with Crippen LogP contribution in [0.1, 0.15) is 71.1 Å². The lowest BCUT2D eigenvalue weighted by atomic mass is 10.1. The maximum atomic E-state index is 11.7. The standard InChI is InChI=1S/C15H27NO3/c1-2-3-4-5-6-7-8-9-10-11-14(17)16-12-13-19-15(16)18/h2-13H2,1H3. The van der Waals surface area contributed by atoms with Gasteiger partial charge in [-0.25, -0.2) is 9.69 Å². The number of amides is 2. The highest BCUT2D eigenvalue weighted by Gasteiger charge is 2.27. The van der Waals surface area contributed by atoms with Crippen molar-refractivity contribution in [1.82, 2.24) is 4.90 Å². The summed E-state index contributed by atoms with van der Waals surface area (Å²) in [5.41, 5.74) is 0. The molecule has 2 amide bonds. The number of carbonyl (C=O) groups excluding carboxylic acids is 2. The normalized spacial score (nSPS) is 14.8. The molecule has 0 atom stereocenters. The summed E-state index contributed by atoms with van der Waals surface area (Å²) in [6, 6.07) is 0. The van der Waals surface area contributed by atoms with Crippen molar-refractivity contribution in [2.24, 2.45) is 0 Å². The van der Waals surface area contributed by atoms with Crippen LogP contribution in [0.2, 0.25) is 0 Å². The molecule has 0 spiro atoms. The van der Waals surface area contributed by atoms with Gasteiger partial charge in [-0.3, -0.25) is 4.79 Å². The number of carbonyl (C=O) groups is 2. The van der Waals surface area contributed by atoms with Gasteiger partial charge in [0.2, 0.25) is 5.91 Å². The molecule has 1 fully saturated rings. The fourth-order valence-electron chi connectivity index (χ4n) is 2.34. The largest absolute Gasteiger partial charge is 0.447 e. The SMILES string of the molecule is CCCCCCCCCCCC(=O)N1CCOC1=O. The first kappa shape index (κ1) is 16.0. The second-order valence-electron chi connectivity index (χ2n) is 5.24. The molecule has 4 nitrogen and oxygen atoms in total. The number of hydrogen-bond donors (Lipinski definition) is 0. The van der Waals surface area contributed by atoms with Gasteiger partial charge in [0.1, 0.15) is 6.61 Å². The van der Waals surface area contributed by atoms with Crippen molar-refractivity contribution in [1.29, 1.82) is 0 Å². The molecule has 0 aliphatic carbocycles. The smallest absolute Gasteiger partial charge is 0.416 e. The molecule has 0 aromatic carbocycles. The van der Waals surface area contributed by atoms with E-state index in [0.717, 1.165) is 12.8 Å². The predicted molar refractivity (Wildman–Crippen MR) is 74.9 cm³/mol. The van der Waals surface area contributed by atoms with Crippen LogP contribution in [0.15, 0.2) is 0 Å². The molecular weight excluding hydrogens is 242 g/mol. The van der Waals surface area contributed by atoms with Crippen LogP contribution in [-0.2, 0) is 9.53 Å². The first-order valence-corrected chi connectivity index (χ1v) is 7.73. The fraction of sp³-hybridized carbons (Fsp3) is 0.867. The molecule has 0 bridgehead atoms. The third kappa shape index (κ3) is 6.60. The van der Waals surface area contributed by atoms with Gasteiger partial charge in [-0.05, 0) is 6.42 Å². The molecule has 110 valence electrons. The predicted octanol–water partition coefficient (Wildman–Crippen LogP) is 3.89. The lowest BCUT2D eigenvalue weighted by molar-refractivity contribution is -0.127. The van der Waals surface area contributed by atoms with Gasteiger partial charge in [-0.1, -0.05) is 58.3 Å². The Kier molecular flexibility index (Phi) is 8.26. The summed E-state index contributed by atoms with van der Waals surface area (Å²) in [5, 5.41) is 0. The van der Waals surface area contributed by atoms with Crippen LogP contribution in [-0.4, -0.2) is 30.1 Å². The molecule has 1 aliphatic heterocycles. The van der Waals surface area contributed by atoms with E-state index >= 15 is 0 Å². The lowest BCUT2D eigenvalue weighted by Gasteiger charge is -2.10. The van der Waals surface area contributed by atoms with Crippen LogP contribution >= 0.6 is 0 Å². The summed E-state index contributed by atoms with van der Waals surface area (Å²) in [5.74, 6) is -0.0783. The summed E-state index contributed by atoms with van der Waals surface area (Å²) >= 11 is 0. The Morgan fingerprint density at radius 3 is 2.16 bits per heavy atom. The molecule has 1 rings (SSSR count). The molecule has 4 heteroatoms. The van der Waals surface area contributed by atoms with E-state index in [1.54, 1.807) is 0 Å². The zero-order valence-corrected chi connectivity index (χ0v) is 12.2. The zero-order chi connectivity index (χ0) is 13.9. The van der Waals surface area contributed by atoms with Crippen molar-refractivity contribution in [3.05, 3.63) is 0 Å². The molecule has 1 aliphatic rings. The number of imide groups is 1. The van der Waals surface area contributed by atoms with Gasteiger partial charge < -0.3 is 4.74 Å². The van der Waals surface area contributed by atoms with Crippen molar-refractivity contribution in [2.45, 2.75) is 71.1 Å². The highest BCUT2D eigenvalue weighted by molar-refractivity contribution is 5.92. The summed E-state index contributed by atoms with van der Waals surface area (Å²) in [6.45, 7) is 3.00. The van der Waals surface area contributed by atoms with Crippen LogP contribution in [0.3, 0.4) is 0 Å². The number of hydrogen-bond acceptors (Lipinski definition) is 3. The molecule has 19 heavy (non-hydrogen) atoms. The Balaban J connectivity index is 1.90. The van der Waals surface area contributed by atoms with Crippen LogP contribution in [0, 0.1) is 0 Å². The van der Waals surface area contributed by atoms with E-state index in [9.17, 15) is 9.59 Å². The summed E-state index contributed by atoms with van der Waals surface area (Å²) in [6.07, 6.45) is 11.1. The van der Waals surface area contributed by atoms with Crippen LogP contribution in [0.5, 0.6) is 0 Å². The second kappa shape index (κ2) is 9.82. The third-order valence-electron chi connectivity index (χ3n) is 3.56. The number of rotatable bonds is 10. The topological polar surface area (TPSA) is 46.6 Å². The van der Waals surface area contributed by atoms with Gasteiger partial charge in [0.25, 0.3) is 0 Å². The highest BCUT2D eigenvalue weighted by Crippen LogP contribution is 2.12. The molecule has 0 saturated carbocycles. The van der Waals surface area contributed by atoms with E-state index in [0.29, 0.717) is 19.6 Å². The van der Waals surface area contributed by atoms with Gasteiger partial charge in [0, 0.05) is 6.42 Å². The van der Waals surface area contributed by atoms with Crippen LogP contribution < -0.4 is 0 Å². The Morgan fingerprint density at radius 2 is 1.63 bits per heavy atom. The summed E-state index contributed by atoms with van der Waals surface area (Å²) < 4.78 is 4.74. The summed E-state index contributed by atoms with van der Waals surface area (Å²) in [4.78, 5) is 24.1. The quantitative estimate of drug-likeness (QED) is 0.565. The zero-order valence-electron chi connectivity index (χ0n) is 12.2. The van der Waals surface area contributed by atoms with Gasteiger partial charge in [0.05, 0.1) is 6.54 Å². The van der Waals surface area contributed by atoms with Crippen LogP contribution in [0.4, 0.5) is 4.79 Å². The minimum absolute atomic E-state index is 0.0783. The first-order valence-electron chi connectivity index (χ1n) is 7.73. The van der Waals surface area contributed by atoms with E-state index in [2.05, 4.69) is 6.92 Å². The maximum absolute atomic E-state index is 11.7. The minimum atomic E-state index is -0.471.